The lowest BCUT2D eigenvalue weighted by Gasteiger charge is -2.22. The Balaban J connectivity index is 1.53. The van der Waals surface area contributed by atoms with Crippen molar-refractivity contribution in [2.45, 2.75) is 71.4 Å². The summed E-state index contributed by atoms with van der Waals surface area (Å²) in [6, 6.07) is 7.15. The number of carbonyl (C=O) groups is 1. The van der Waals surface area contributed by atoms with E-state index in [1.165, 1.54) is 30.3 Å². The van der Waals surface area contributed by atoms with Gasteiger partial charge in [-0.15, -0.1) is 0 Å². The van der Waals surface area contributed by atoms with Crippen LogP contribution in [0, 0.1) is 6.92 Å². The molecule has 2 N–H and O–H groups in total. The first-order valence-electron chi connectivity index (χ1n) is 9.56. The van der Waals surface area contributed by atoms with Gasteiger partial charge in [-0.2, -0.15) is 0 Å². The largest absolute Gasteiger partial charge is 0.338 e. The lowest BCUT2D eigenvalue weighted by Crippen LogP contribution is -2.43. The molecule has 3 rings (SSSR count). The summed E-state index contributed by atoms with van der Waals surface area (Å²) in [6.07, 6.45) is 6.81. The lowest BCUT2D eigenvalue weighted by atomic mass is 9.96. The number of aryl methyl sites for hydroxylation is 1. The molecule has 5 nitrogen and oxygen atoms in total. The molecule has 0 aliphatic heterocycles. The van der Waals surface area contributed by atoms with Crippen molar-refractivity contribution in [2.75, 3.05) is 6.54 Å². The second-order valence-electron chi connectivity index (χ2n) is 7.43. The Kier molecular flexibility index (Phi) is 5.61. The van der Waals surface area contributed by atoms with E-state index >= 15 is 0 Å². The van der Waals surface area contributed by atoms with Crippen LogP contribution in [0.2, 0.25) is 0 Å². The van der Waals surface area contributed by atoms with E-state index in [2.05, 4.69) is 59.2 Å². The predicted octanol–water partition coefficient (Wildman–Crippen LogP) is 4.10. The Morgan fingerprint density at radius 3 is 2.76 bits per heavy atom. The number of amides is 2. The van der Waals surface area contributed by atoms with Gasteiger partial charge >= 0.3 is 6.03 Å². The Labute approximate surface area is 150 Å². The molecule has 1 aromatic heterocycles. The molecule has 0 bridgehead atoms. The Morgan fingerprint density at radius 1 is 1.28 bits per heavy atom. The highest BCUT2D eigenvalue weighted by atomic mass is 16.2. The molecule has 2 aromatic rings. The van der Waals surface area contributed by atoms with Crippen LogP contribution in [0.1, 0.15) is 63.4 Å². The summed E-state index contributed by atoms with van der Waals surface area (Å²) in [5.41, 5.74) is 3.42. The van der Waals surface area contributed by atoms with E-state index in [-0.39, 0.29) is 6.03 Å². The van der Waals surface area contributed by atoms with Gasteiger partial charge in [0.05, 0.1) is 11.0 Å². The third-order valence-corrected chi connectivity index (χ3v) is 5.09. The fourth-order valence-corrected chi connectivity index (χ4v) is 3.88. The highest BCUT2D eigenvalue weighted by molar-refractivity contribution is 5.77. The Hall–Kier alpha value is -2.04. The first kappa shape index (κ1) is 17.8. The number of aromatic nitrogens is 2. The highest BCUT2D eigenvalue weighted by Crippen LogP contribution is 2.22. The molecular weight excluding hydrogens is 312 g/mol. The summed E-state index contributed by atoms with van der Waals surface area (Å²) in [5, 5.41) is 6.08. The topological polar surface area (TPSA) is 59.0 Å². The van der Waals surface area contributed by atoms with Gasteiger partial charge in [0.2, 0.25) is 0 Å². The third kappa shape index (κ3) is 4.33. The minimum absolute atomic E-state index is 0.0343. The molecule has 1 heterocycles. The maximum Gasteiger partial charge on any atom is 0.315 e. The normalized spacial score (nSPS) is 15.7. The van der Waals surface area contributed by atoms with Crippen molar-refractivity contribution in [2.24, 2.45) is 0 Å². The SMILES string of the molecule is Cc1nc2cc(CCNC(=O)NC3CCCCC3)ccc2n1C(C)C. The third-order valence-electron chi connectivity index (χ3n) is 5.09. The number of urea groups is 1. The minimum Gasteiger partial charge on any atom is -0.338 e. The number of carbonyl (C=O) groups excluding carboxylic acids is 1. The van der Waals surface area contributed by atoms with E-state index in [4.69, 9.17) is 0 Å². The summed E-state index contributed by atoms with van der Waals surface area (Å²) >= 11 is 0. The van der Waals surface area contributed by atoms with Gasteiger partial charge < -0.3 is 15.2 Å². The van der Waals surface area contributed by atoms with Crippen LogP contribution in [0.25, 0.3) is 11.0 Å². The minimum atomic E-state index is -0.0343. The number of nitrogens with one attached hydrogen (secondary N) is 2. The molecule has 0 spiro atoms. The summed E-state index contributed by atoms with van der Waals surface area (Å²) in [4.78, 5) is 16.7. The molecule has 1 aromatic carbocycles. The van der Waals surface area contributed by atoms with Gasteiger partial charge in [-0.05, 0) is 57.7 Å². The van der Waals surface area contributed by atoms with Crippen molar-refractivity contribution in [3.8, 4) is 0 Å². The van der Waals surface area contributed by atoms with Crippen molar-refractivity contribution < 1.29 is 4.79 Å². The molecule has 5 heteroatoms. The molecule has 1 fully saturated rings. The number of imidazole rings is 1. The van der Waals surface area contributed by atoms with E-state index in [9.17, 15) is 4.79 Å². The fraction of sp³-hybridized carbons (Fsp3) is 0.600. The molecule has 1 saturated carbocycles. The maximum atomic E-state index is 12.0. The fourth-order valence-electron chi connectivity index (χ4n) is 3.88. The quantitative estimate of drug-likeness (QED) is 0.859. The van der Waals surface area contributed by atoms with E-state index in [0.717, 1.165) is 30.6 Å². The molecule has 1 aliphatic rings. The van der Waals surface area contributed by atoms with E-state index < -0.39 is 0 Å². The number of hydrogen-bond acceptors (Lipinski definition) is 2. The second kappa shape index (κ2) is 7.89. The zero-order valence-electron chi connectivity index (χ0n) is 15.6. The van der Waals surface area contributed by atoms with Gasteiger partial charge in [0.1, 0.15) is 5.82 Å². The Bertz CT molecular complexity index is 729. The predicted molar refractivity (Wildman–Crippen MR) is 102 cm³/mol. The van der Waals surface area contributed by atoms with Gasteiger partial charge in [0, 0.05) is 18.6 Å². The zero-order valence-corrected chi connectivity index (χ0v) is 15.6. The van der Waals surface area contributed by atoms with Crippen LogP contribution in [0.15, 0.2) is 18.2 Å². The number of benzene rings is 1. The number of fused-ring (bicyclic) bond motifs is 1. The molecule has 0 radical (unpaired) electrons. The van der Waals surface area contributed by atoms with Gasteiger partial charge in [-0.1, -0.05) is 25.3 Å². The smallest absolute Gasteiger partial charge is 0.315 e. The van der Waals surface area contributed by atoms with Crippen molar-refractivity contribution >= 4 is 17.1 Å². The molecule has 1 aliphatic carbocycles. The van der Waals surface area contributed by atoms with Crippen LogP contribution in [0.3, 0.4) is 0 Å². The second-order valence-corrected chi connectivity index (χ2v) is 7.43. The van der Waals surface area contributed by atoms with Crippen LogP contribution < -0.4 is 10.6 Å². The molecule has 0 saturated heterocycles. The molecule has 0 atom stereocenters. The molecule has 2 amide bonds. The maximum absolute atomic E-state index is 12.0. The van der Waals surface area contributed by atoms with Crippen LogP contribution in [0.5, 0.6) is 0 Å². The summed E-state index contributed by atoms with van der Waals surface area (Å²) in [6.45, 7) is 7.05. The molecule has 136 valence electrons. The van der Waals surface area contributed by atoms with Crippen molar-refractivity contribution in [3.05, 3.63) is 29.6 Å². The lowest BCUT2D eigenvalue weighted by molar-refractivity contribution is 0.233. The molecule has 0 unspecified atom stereocenters. The van der Waals surface area contributed by atoms with Gasteiger partial charge in [-0.25, -0.2) is 9.78 Å². The van der Waals surface area contributed by atoms with Crippen molar-refractivity contribution in [1.82, 2.24) is 20.2 Å². The zero-order chi connectivity index (χ0) is 17.8. The first-order chi connectivity index (χ1) is 12.0. The number of hydrogen-bond donors (Lipinski definition) is 2. The number of nitrogens with zero attached hydrogens (tertiary/aromatic N) is 2. The van der Waals surface area contributed by atoms with Gasteiger partial charge in [0.15, 0.2) is 0 Å². The van der Waals surface area contributed by atoms with Crippen molar-refractivity contribution in [3.63, 3.8) is 0 Å². The number of rotatable bonds is 5. The van der Waals surface area contributed by atoms with E-state index in [0.29, 0.717) is 18.6 Å². The highest BCUT2D eigenvalue weighted by Gasteiger charge is 2.15. The van der Waals surface area contributed by atoms with E-state index in [1.807, 2.05) is 0 Å². The van der Waals surface area contributed by atoms with Crippen LogP contribution >= 0.6 is 0 Å². The van der Waals surface area contributed by atoms with Crippen molar-refractivity contribution in [1.29, 1.82) is 0 Å². The van der Waals surface area contributed by atoms with Crippen LogP contribution in [0.4, 0.5) is 4.79 Å². The summed E-state index contributed by atoms with van der Waals surface area (Å²) in [7, 11) is 0. The standard InChI is InChI=1S/C20H30N4O/c1-14(2)24-15(3)22-18-13-16(9-10-19(18)24)11-12-21-20(25)23-17-7-5-4-6-8-17/h9-10,13-14,17H,4-8,11-12H2,1-3H3,(H2,21,23,25). The molecule has 25 heavy (non-hydrogen) atoms. The summed E-state index contributed by atoms with van der Waals surface area (Å²) < 4.78 is 2.26. The van der Waals surface area contributed by atoms with Crippen LogP contribution in [-0.4, -0.2) is 28.2 Å². The average molecular weight is 342 g/mol. The first-order valence-corrected chi connectivity index (χ1v) is 9.56. The summed E-state index contributed by atoms with van der Waals surface area (Å²) in [5.74, 6) is 1.05. The Morgan fingerprint density at radius 2 is 2.04 bits per heavy atom. The van der Waals surface area contributed by atoms with Gasteiger partial charge in [-0.3, -0.25) is 0 Å². The van der Waals surface area contributed by atoms with Crippen LogP contribution in [-0.2, 0) is 6.42 Å². The van der Waals surface area contributed by atoms with Gasteiger partial charge in [0.25, 0.3) is 0 Å². The van der Waals surface area contributed by atoms with E-state index in [1.54, 1.807) is 0 Å². The molecular formula is C20H30N4O. The average Bonchev–Trinajstić information content (AvgIpc) is 2.91. The monoisotopic (exact) mass is 342 g/mol.